The van der Waals surface area contributed by atoms with Crippen LogP contribution in [0.3, 0.4) is 0 Å². The number of nitrogens with one attached hydrogen (secondary N) is 1. The maximum atomic E-state index is 12.1. The summed E-state index contributed by atoms with van der Waals surface area (Å²) in [4.78, 5) is 16.2. The van der Waals surface area contributed by atoms with Crippen molar-refractivity contribution in [2.24, 2.45) is 0 Å². The van der Waals surface area contributed by atoms with Crippen molar-refractivity contribution in [3.63, 3.8) is 0 Å². The van der Waals surface area contributed by atoms with Crippen LogP contribution in [0.1, 0.15) is 10.4 Å². The molecule has 0 aliphatic carbocycles. The molecule has 3 aromatic rings. The Morgan fingerprint density at radius 1 is 1.16 bits per heavy atom. The van der Waals surface area contributed by atoms with Crippen molar-refractivity contribution in [2.45, 2.75) is 0 Å². The van der Waals surface area contributed by atoms with Gasteiger partial charge < -0.3 is 5.32 Å². The van der Waals surface area contributed by atoms with E-state index in [-0.39, 0.29) is 5.91 Å². The fraction of sp³-hybridized carbons (Fsp3) is 0. The zero-order chi connectivity index (χ0) is 13.2. The molecule has 94 valence electrons. The zero-order valence-electron chi connectivity index (χ0n) is 9.50. The summed E-state index contributed by atoms with van der Waals surface area (Å²) < 4.78 is 9.23. The van der Waals surface area contributed by atoms with Gasteiger partial charge in [0, 0.05) is 15.3 Å². The molecule has 0 saturated heterocycles. The van der Waals surface area contributed by atoms with E-state index in [1.807, 2.05) is 6.07 Å². The highest BCUT2D eigenvalue weighted by Gasteiger charge is 2.09. The third-order valence-electron chi connectivity index (χ3n) is 2.48. The molecule has 0 saturated carbocycles. The van der Waals surface area contributed by atoms with Crippen molar-refractivity contribution in [1.29, 1.82) is 0 Å². The van der Waals surface area contributed by atoms with Gasteiger partial charge in [-0.25, -0.2) is 4.98 Å². The van der Waals surface area contributed by atoms with Gasteiger partial charge >= 0.3 is 0 Å². The van der Waals surface area contributed by atoms with Crippen LogP contribution in [-0.4, -0.2) is 19.6 Å². The van der Waals surface area contributed by atoms with Crippen molar-refractivity contribution < 1.29 is 4.79 Å². The van der Waals surface area contributed by atoms with Crippen molar-refractivity contribution in [1.82, 2.24) is 13.7 Å². The Morgan fingerprint density at radius 2 is 2.00 bits per heavy atom. The highest BCUT2D eigenvalue weighted by atomic mass is 127. The van der Waals surface area contributed by atoms with E-state index in [4.69, 9.17) is 0 Å². The van der Waals surface area contributed by atoms with Crippen molar-refractivity contribution in [3.05, 3.63) is 45.7 Å². The second-order valence-electron chi connectivity index (χ2n) is 3.78. The average molecular weight is 382 g/mol. The standard InChI is InChI=1S/C12H7IN4OS/c13-8-2-4-11(14-6-8)15-12(18)7-1-3-9-10(5-7)17-19-16-9/h1-6H,(H,14,15,18). The molecule has 19 heavy (non-hydrogen) atoms. The van der Waals surface area contributed by atoms with Crippen LogP contribution in [-0.2, 0) is 0 Å². The Balaban J connectivity index is 1.84. The highest BCUT2D eigenvalue weighted by molar-refractivity contribution is 14.1. The molecule has 2 aromatic heterocycles. The first-order chi connectivity index (χ1) is 9.22. The second kappa shape index (κ2) is 5.17. The molecule has 1 aromatic carbocycles. The summed E-state index contributed by atoms with van der Waals surface area (Å²) in [7, 11) is 0. The minimum atomic E-state index is -0.205. The predicted molar refractivity (Wildman–Crippen MR) is 82.3 cm³/mol. The molecule has 0 radical (unpaired) electrons. The first-order valence-corrected chi connectivity index (χ1v) is 7.18. The van der Waals surface area contributed by atoms with Crippen LogP contribution in [0.5, 0.6) is 0 Å². The number of halogens is 1. The summed E-state index contributed by atoms with van der Waals surface area (Å²) in [5.74, 6) is 0.325. The lowest BCUT2D eigenvalue weighted by Gasteiger charge is -2.04. The number of carbonyl (C=O) groups excluding carboxylic acids is 1. The van der Waals surface area contributed by atoms with Crippen LogP contribution in [0.2, 0.25) is 0 Å². The van der Waals surface area contributed by atoms with Gasteiger partial charge in [-0.15, -0.1) is 0 Å². The fourth-order valence-electron chi connectivity index (χ4n) is 1.56. The van der Waals surface area contributed by atoms with E-state index < -0.39 is 0 Å². The van der Waals surface area contributed by atoms with Crippen LogP contribution in [0.25, 0.3) is 11.0 Å². The van der Waals surface area contributed by atoms with Crippen LogP contribution in [0.4, 0.5) is 5.82 Å². The van der Waals surface area contributed by atoms with Crippen molar-refractivity contribution in [2.75, 3.05) is 5.32 Å². The maximum absolute atomic E-state index is 12.1. The smallest absolute Gasteiger partial charge is 0.256 e. The molecule has 2 heterocycles. The number of hydrogen-bond acceptors (Lipinski definition) is 5. The van der Waals surface area contributed by atoms with E-state index in [9.17, 15) is 4.79 Å². The van der Waals surface area contributed by atoms with Crippen molar-refractivity contribution in [3.8, 4) is 0 Å². The van der Waals surface area contributed by atoms with E-state index in [1.165, 1.54) is 0 Å². The molecule has 0 fully saturated rings. The molecule has 1 amide bonds. The lowest BCUT2D eigenvalue weighted by atomic mass is 10.2. The molecular formula is C12H7IN4OS. The largest absolute Gasteiger partial charge is 0.307 e. The topological polar surface area (TPSA) is 67.8 Å². The Morgan fingerprint density at radius 3 is 2.79 bits per heavy atom. The molecular weight excluding hydrogens is 375 g/mol. The van der Waals surface area contributed by atoms with Gasteiger partial charge in [0.25, 0.3) is 5.91 Å². The van der Waals surface area contributed by atoms with Gasteiger partial charge in [-0.3, -0.25) is 4.79 Å². The zero-order valence-corrected chi connectivity index (χ0v) is 12.5. The van der Waals surface area contributed by atoms with E-state index in [0.717, 1.165) is 26.3 Å². The summed E-state index contributed by atoms with van der Waals surface area (Å²) in [6.45, 7) is 0. The quantitative estimate of drug-likeness (QED) is 0.693. The summed E-state index contributed by atoms with van der Waals surface area (Å²) in [6, 6.07) is 8.89. The minimum absolute atomic E-state index is 0.205. The van der Waals surface area contributed by atoms with Crippen LogP contribution < -0.4 is 5.32 Å². The molecule has 5 nitrogen and oxygen atoms in total. The Kier molecular flexibility index (Phi) is 3.38. The molecule has 0 aliphatic heterocycles. The van der Waals surface area contributed by atoms with Gasteiger partial charge in [0.2, 0.25) is 0 Å². The number of hydrogen-bond donors (Lipinski definition) is 1. The molecule has 7 heteroatoms. The SMILES string of the molecule is O=C(Nc1ccc(I)cn1)c1ccc2nsnc2c1. The third kappa shape index (κ3) is 2.71. The van der Waals surface area contributed by atoms with Crippen LogP contribution in [0, 0.1) is 3.57 Å². The highest BCUT2D eigenvalue weighted by Crippen LogP contribution is 2.15. The summed E-state index contributed by atoms with van der Waals surface area (Å²) in [5.41, 5.74) is 2.07. The predicted octanol–water partition coefficient (Wildman–Crippen LogP) is 2.94. The number of anilines is 1. The van der Waals surface area contributed by atoms with Gasteiger partial charge in [-0.1, -0.05) is 0 Å². The van der Waals surface area contributed by atoms with E-state index in [2.05, 4.69) is 41.6 Å². The van der Waals surface area contributed by atoms with Crippen LogP contribution >= 0.6 is 34.3 Å². The monoisotopic (exact) mass is 382 g/mol. The van der Waals surface area contributed by atoms with E-state index >= 15 is 0 Å². The van der Waals surface area contributed by atoms with Gasteiger partial charge in [0.05, 0.1) is 11.7 Å². The Bertz CT molecular complexity index is 741. The number of nitrogens with zero attached hydrogens (tertiary/aromatic N) is 3. The van der Waals surface area contributed by atoms with Gasteiger partial charge in [-0.05, 0) is 52.9 Å². The van der Waals surface area contributed by atoms with Gasteiger partial charge in [0.1, 0.15) is 16.9 Å². The fourth-order valence-corrected chi connectivity index (χ4v) is 2.40. The van der Waals surface area contributed by atoms with E-state index in [1.54, 1.807) is 30.5 Å². The molecule has 0 bridgehead atoms. The number of aromatic nitrogens is 3. The number of rotatable bonds is 2. The summed E-state index contributed by atoms with van der Waals surface area (Å²) in [6.07, 6.45) is 1.70. The molecule has 0 aliphatic rings. The first kappa shape index (κ1) is 12.4. The maximum Gasteiger partial charge on any atom is 0.256 e. The van der Waals surface area contributed by atoms with E-state index in [0.29, 0.717) is 11.4 Å². The average Bonchev–Trinajstić information content (AvgIpc) is 2.88. The number of carbonyl (C=O) groups is 1. The van der Waals surface area contributed by atoms with Gasteiger partial charge in [0.15, 0.2) is 0 Å². The van der Waals surface area contributed by atoms with Crippen LogP contribution in [0.15, 0.2) is 36.5 Å². The summed E-state index contributed by atoms with van der Waals surface area (Å²) in [5, 5.41) is 2.74. The lowest BCUT2D eigenvalue weighted by molar-refractivity contribution is 0.102. The number of benzene rings is 1. The minimum Gasteiger partial charge on any atom is -0.307 e. The molecule has 0 unspecified atom stereocenters. The Hall–Kier alpha value is -1.61. The molecule has 0 atom stereocenters. The second-order valence-corrected chi connectivity index (χ2v) is 5.56. The summed E-state index contributed by atoms with van der Waals surface area (Å²) >= 11 is 3.30. The molecule has 1 N–H and O–H groups in total. The first-order valence-electron chi connectivity index (χ1n) is 5.37. The molecule has 0 spiro atoms. The Labute approximate surface area is 126 Å². The van der Waals surface area contributed by atoms with Crippen molar-refractivity contribution >= 4 is 57.1 Å². The number of fused-ring (bicyclic) bond motifs is 1. The number of pyridine rings is 1. The molecule has 3 rings (SSSR count). The lowest BCUT2D eigenvalue weighted by Crippen LogP contribution is -2.12. The third-order valence-corrected chi connectivity index (χ3v) is 3.68. The number of amides is 1. The van der Waals surface area contributed by atoms with Gasteiger partial charge in [-0.2, -0.15) is 8.75 Å². The normalized spacial score (nSPS) is 10.6.